The number of amides is 1. The Bertz CT molecular complexity index is 2550. The predicted molar refractivity (Wildman–Crippen MR) is 200 cm³/mol. The Kier molecular flexibility index (Phi) is 6.78. The van der Waals surface area contributed by atoms with E-state index in [1.165, 1.54) is 5.56 Å². The Labute approximate surface area is 284 Å². The smallest absolute Gasteiger partial charge is 0.263 e. The number of carbonyl (C=O) groups excluding carboxylic acids is 1. The molecule has 234 valence electrons. The summed E-state index contributed by atoms with van der Waals surface area (Å²) in [6.45, 7) is 2.13. The summed E-state index contributed by atoms with van der Waals surface area (Å²) in [5.74, 6) is -0.236. The maximum Gasteiger partial charge on any atom is 0.263 e. The van der Waals surface area contributed by atoms with Crippen molar-refractivity contribution >= 4 is 33.4 Å². The summed E-state index contributed by atoms with van der Waals surface area (Å²) >= 11 is 0. The van der Waals surface area contributed by atoms with Crippen molar-refractivity contribution in [2.45, 2.75) is 13.2 Å². The van der Waals surface area contributed by atoms with Gasteiger partial charge < -0.3 is 9.67 Å². The molecule has 0 saturated heterocycles. The molecule has 1 aliphatic rings. The molecular formula is C45H32N2O2. The molecule has 1 unspecified atom stereocenters. The van der Waals surface area contributed by atoms with E-state index in [2.05, 4.69) is 96.4 Å². The SMILES string of the molecule is Cc1ccccc1-c1cccc2c3ccccc3n(-c3cccc4c3C(=O)N(c3cc(-c5ccccc5)ccc3-c3ccccc3)C4O)c12. The van der Waals surface area contributed by atoms with E-state index in [0.29, 0.717) is 16.8 Å². The highest BCUT2D eigenvalue weighted by Gasteiger charge is 2.40. The lowest BCUT2D eigenvalue weighted by Gasteiger charge is -2.25. The first-order valence-electron chi connectivity index (χ1n) is 16.6. The number of nitrogens with zero attached hydrogens (tertiary/aromatic N) is 2. The lowest BCUT2D eigenvalue weighted by Crippen LogP contribution is -2.28. The van der Waals surface area contributed by atoms with Gasteiger partial charge in [-0.3, -0.25) is 9.69 Å². The van der Waals surface area contributed by atoms with Crippen LogP contribution >= 0.6 is 0 Å². The third-order valence-electron chi connectivity index (χ3n) is 9.85. The summed E-state index contributed by atoms with van der Waals surface area (Å²) < 4.78 is 2.22. The summed E-state index contributed by atoms with van der Waals surface area (Å²) in [5.41, 5.74) is 11.8. The van der Waals surface area contributed by atoms with Gasteiger partial charge in [0, 0.05) is 27.5 Å². The molecule has 49 heavy (non-hydrogen) atoms. The summed E-state index contributed by atoms with van der Waals surface area (Å²) in [6, 6.07) is 55.4. The first kappa shape index (κ1) is 29.0. The van der Waals surface area contributed by atoms with Gasteiger partial charge in [-0.2, -0.15) is 0 Å². The second-order valence-electron chi connectivity index (χ2n) is 12.6. The molecule has 8 aromatic rings. The molecule has 7 aromatic carbocycles. The summed E-state index contributed by atoms with van der Waals surface area (Å²) in [7, 11) is 0. The number of carbonyl (C=O) groups is 1. The highest BCUT2D eigenvalue weighted by Crippen LogP contribution is 2.46. The quantitative estimate of drug-likeness (QED) is 0.205. The summed E-state index contributed by atoms with van der Waals surface area (Å²) in [6.07, 6.45) is -1.17. The van der Waals surface area contributed by atoms with E-state index in [0.717, 1.165) is 60.9 Å². The molecule has 0 saturated carbocycles. The minimum atomic E-state index is -1.17. The average Bonchev–Trinajstić information content (AvgIpc) is 3.63. The molecule has 0 spiro atoms. The Balaban J connectivity index is 1.29. The number of aryl methyl sites for hydroxylation is 1. The second-order valence-corrected chi connectivity index (χ2v) is 12.6. The van der Waals surface area contributed by atoms with Crippen molar-refractivity contribution in [3.63, 3.8) is 0 Å². The zero-order valence-electron chi connectivity index (χ0n) is 26.9. The van der Waals surface area contributed by atoms with Crippen LogP contribution in [0.1, 0.15) is 27.7 Å². The molecule has 1 aromatic heterocycles. The van der Waals surface area contributed by atoms with Crippen LogP contribution < -0.4 is 4.90 Å². The maximum atomic E-state index is 15.0. The number of para-hydroxylation sites is 2. The third-order valence-corrected chi connectivity index (χ3v) is 9.85. The zero-order chi connectivity index (χ0) is 33.1. The van der Waals surface area contributed by atoms with Crippen LogP contribution in [0.3, 0.4) is 0 Å². The van der Waals surface area contributed by atoms with E-state index in [4.69, 9.17) is 0 Å². The molecule has 2 heterocycles. The van der Waals surface area contributed by atoms with Gasteiger partial charge in [0.2, 0.25) is 0 Å². The summed E-state index contributed by atoms with van der Waals surface area (Å²) in [5, 5.41) is 14.3. The van der Waals surface area contributed by atoms with E-state index in [9.17, 15) is 9.90 Å². The molecule has 0 aliphatic carbocycles. The van der Waals surface area contributed by atoms with Crippen LogP contribution in [0.25, 0.3) is 60.9 Å². The van der Waals surface area contributed by atoms with Gasteiger partial charge in [-0.05, 0) is 52.9 Å². The monoisotopic (exact) mass is 632 g/mol. The minimum absolute atomic E-state index is 0.236. The van der Waals surface area contributed by atoms with Crippen LogP contribution in [0.4, 0.5) is 5.69 Å². The standard InChI is InChI=1S/C45H32N2O2/c1-29-14-8-9-19-33(29)36-21-12-22-37-35-20-10-11-24-39(35)46(43(36)37)40-25-13-23-38-42(40)45(49)47(44(38)48)41-28-32(30-15-4-2-5-16-30)26-27-34(41)31-17-6-3-7-18-31/h2-28,44,48H,1H3. The molecule has 0 radical (unpaired) electrons. The van der Waals surface area contributed by atoms with Gasteiger partial charge >= 0.3 is 0 Å². The number of hydrogen-bond acceptors (Lipinski definition) is 2. The second kappa shape index (κ2) is 11.5. The van der Waals surface area contributed by atoms with Crippen LogP contribution in [0, 0.1) is 6.92 Å². The fraction of sp³-hybridized carbons (Fsp3) is 0.0444. The number of rotatable bonds is 5. The van der Waals surface area contributed by atoms with E-state index < -0.39 is 6.23 Å². The van der Waals surface area contributed by atoms with E-state index in [-0.39, 0.29) is 5.91 Å². The third kappa shape index (κ3) is 4.53. The molecule has 1 aliphatic heterocycles. The van der Waals surface area contributed by atoms with Crippen molar-refractivity contribution in [1.82, 2.24) is 4.57 Å². The van der Waals surface area contributed by atoms with Gasteiger partial charge in [0.25, 0.3) is 5.91 Å². The van der Waals surface area contributed by atoms with E-state index in [1.807, 2.05) is 78.9 Å². The fourth-order valence-electron chi connectivity index (χ4n) is 7.57. The zero-order valence-corrected chi connectivity index (χ0v) is 26.9. The van der Waals surface area contributed by atoms with Gasteiger partial charge in [0.15, 0.2) is 6.23 Å². The minimum Gasteiger partial charge on any atom is -0.369 e. The van der Waals surface area contributed by atoms with Crippen molar-refractivity contribution in [3.05, 3.63) is 180 Å². The predicted octanol–water partition coefficient (Wildman–Crippen LogP) is 10.7. The van der Waals surface area contributed by atoms with Crippen LogP contribution in [-0.2, 0) is 0 Å². The Hall–Kier alpha value is -6.23. The lowest BCUT2D eigenvalue weighted by molar-refractivity contribution is 0.0935. The van der Waals surface area contributed by atoms with E-state index in [1.54, 1.807) is 4.90 Å². The molecule has 4 nitrogen and oxygen atoms in total. The molecule has 0 bridgehead atoms. The van der Waals surface area contributed by atoms with E-state index >= 15 is 0 Å². The normalized spacial score (nSPS) is 14.1. The largest absolute Gasteiger partial charge is 0.369 e. The molecule has 0 fully saturated rings. The van der Waals surface area contributed by atoms with Crippen LogP contribution in [-0.4, -0.2) is 15.6 Å². The highest BCUT2D eigenvalue weighted by atomic mass is 16.3. The van der Waals surface area contributed by atoms with Crippen LogP contribution in [0.15, 0.2) is 164 Å². The van der Waals surface area contributed by atoms with Crippen LogP contribution in [0.2, 0.25) is 0 Å². The Morgan fingerprint density at radius 1 is 0.531 bits per heavy atom. The van der Waals surface area contributed by atoms with Crippen molar-refractivity contribution in [2.75, 3.05) is 4.90 Å². The van der Waals surface area contributed by atoms with Crippen molar-refractivity contribution in [2.24, 2.45) is 0 Å². The summed E-state index contributed by atoms with van der Waals surface area (Å²) in [4.78, 5) is 16.6. The molecular weight excluding hydrogens is 601 g/mol. The first-order valence-corrected chi connectivity index (χ1v) is 16.6. The Morgan fingerprint density at radius 2 is 1.18 bits per heavy atom. The number of benzene rings is 7. The van der Waals surface area contributed by atoms with Crippen LogP contribution in [0.5, 0.6) is 0 Å². The molecule has 1 atom stereocenters. The molecule has 1 N–H and O–H groups in total. The number of aromatic nitrogens is 1. The van der Waals surface area contributed by atoms with Crippen molar-refractivity contribution in [1.29, 1.82) is 0 Å². The fourth-order valence-corrected chi connectivity index (χ4v) is 7.57. The number of anilines is 1. The molecule has 4 heteroatoms. The van der Waals surface area contributed by atoms with Gasteiger partial charge in [0.1, 0.15) is 0 Å². The van der Waals surface area contributed by atoms with Crippen molar-refractivity contribution < 1.29 is 9.90 Å². The highest BCUT2D eigenvalue weighted by molar-refractivity contribution is 6.18. The number of hydrogen-bond donors (Lipinski definition) is 1. The Morgan fingerprint density at radius 3 is 1.98 bits per heavy atom. The van der Waals surface area contributed by atoms with Gasteiger partial charge in [-0.1, -0.05) is 146 Å². The molecule has 1 amide bonds. The number of fused-ring (bicyclic) bond motifs is 4. The first-order chi connectivity index (χ1) is 24.1. The average molecular weight is 633 g/mol. The van der Waals surface area contributed by atoms with Gasteiger partial charge in [-0.25, -0.2) is 0 Å². The van der Waals surface area contributed by atoms with Crippen molar-refractivity contribution in [3.8, 4) is 39.1 Å². The molecule has 9 rings (SSSR count). The number of aliphatic hydroxyl groups is 1. The maximum absolute atomic E-state index is 15.0. The van der Waals surface area contributed by atoms with Gasteiger partial charge in [-0.15, -0.1) is 0 Å². The lowest BCUT2D eigenvalue weighted by atomic mass is 9.97. The topological polar surface area (TPSA) is 45.5 Å². The van der Waals surface area contributed by atoms with Gasteiger partial charge in [0.05, 0.1) is 28.0 Å². The number of aliphatic hydroxyl groups excluding tert-OH is 1.